The molecule has 6 heteroatoms. The van der Waals surface area contributed by atoms with Gasteiger partial charge in [-0.3, -0.25) is 4.79 Å². The zero-order valence-electron chi connectivity index (χ0n) is 12.5. The molecule has 0 bridgehead atoms. The Labute approximate surface area is 117 Å². The number of rotatable bonds is 10. The zero-order chi connectivity index (χ0) is 14.9. The first kappa shape index (κ1) is 18.4. The van der Waals surface area contributed by atoms with Gasteiger partial charge in [-0.1, -0.05) is 26.7 Å². The summed E-state index contributed by atoms with van der Waals surface area (Å²) in [5.74, 6) is -0.0822. The average Bonchev–Trinajstić information content (AvgIpc) is 2.26. The largest absolute Gasteiger partial charge is 0.355 e. The maximum Gasteiger partial charge on any atom is 0.223 e. The molecule has 0 unspecified atom stereocenters. The molecule has 0 aliphatic rings. The van der Waals surface area contributed by atoms with Gasteiger partial charge in [0.1, 0.15) is 0 Å². The Morgan fingerprint density at radius 1 is 1.11 bits per heavy atom. The molecule has 0 aliphatic heterocycles. The molecule has 0 heterocycles. The van der Waals surface area contributed by atoms with E-state index in [1.54, 1.807) is 13.8 Å². The van der Waals surface area contributed by atoms with Crippen LogP contribution in [0.1, 0.15) is 53.4 Å². The highest BCUT2D eigenvalue weighted by Crippen LogP contribution is 2.13. The van der Waals surface area contributed by atoms with Crippen molar-refractivity contribution >= 4 is 15.9 Å². The summed E-state index contributed by atoms with van der Waals surface area (Å²) in [5.41, 5.74) is 0. The van der Waals surface area contributed by atoms with Gasteiger partial charge in [-0.05, 0) is 26.7 Å². The predicted octanol–water partition coefficient (Wildman–Crippen LogP) is 1.65. The quantitative estimate of drug-likeness (QED) is 0.643. The van der Waals surface area contributed by atoms with E-state index in [2.05, 4.69) is 10.0 Å². The van der Waals surface area contributed by atoms with E-state index in [4.69, 9.17) is 0 Å². The van der Waals surface area contributed by atoms with Gasteiger partial charge in [0.25, 0.3) is 0 Å². The lowest BCUT2D eigenvalue weighted by Gasteiger charge is -2.15. The first-order valence-electron chi connectivity index (χ1n) is 7.10. The number of amides is 1. The molecular weight excluding hydrogens is 264 g/mol. The summed E-state index contributed by atoms with van der Waals surface area (Å²) < 4.78 is 25.7. The Morgan fingerprint density at radius 3 is 2.05 bits per heavy atom. The van der Waals surface area contributed by atoms with Gasteiger partial charge >= 0.3 is 0 Å². The Hall–Kier alpha value is -0.620. The lowest BCUT2D eigenvalue weighted by molar-refractivity contribution is -0.125. The van der Waals surface area contributed by atoms with Crippen LogP contribution in [0.15, 0.2) is 0 Å². The van der Waals surface area contributed by atoms with Crippen molar-refractivity contribution in [3.8, 4) is 0 Å². The fourth-order valence-electron chi connectivity index (χ4n) is 1.97. The van der Waals surface area contributed by atoms with Crippen LogP contribution in [0.2, 0.25) is 0 Å². The third kappa shape index (κ3) is 8.99. The van der Waals surface area contributed by atoms with Gasteiger partial charge in [0.05, 0.1) is 5.75 Å². The second-order valence-electron chi connectivity index (χ2n) is 5.16. The molecule has 0 spiro atoms. The fourth-order valence-corrected chi connectivity index (χ4v) is 3.18. The van der Waals surface area contributed by atoms with Gasteiger partial charge in [-0.2, -0.15) is 0 Å². The normalized spacial score (nSPS) is 12.1. The molecule has 114 valence electrons. The van der Waals surface area contributed by atoms with Crippen LogP contribution in [-0.4, -0.2) is 32.7 Å². The van der Waals surface area contributed by atoms with E-state index in [0.717, 1.165) is 25.7 Å². The van der Waals surface area contributed by atoms with E-state index in [9.17, 15) is 13.2 Å². The Morgan fingerprint density at radius 2 is 1.63 bits per heavy atom. The summed E-state index contributed by atoms with van der Waals surface area (Å²) in [7, 11) is -3.29. The van der Waals surface area contributed by atoms with Crippen molar-refractivity contribution in [2.45, 2.75) is 59.4 Å². The maximum absolute atomic E-state index is 11.9. The SMILES string of the molecule is CCCC(CCC)C(=O)NCCS(=O)(=O)NC(C)C. The molecule has 19 heavy (non-hydrogen) atoms. The molecule has 0 rings (SSSR count). The fraction of sp³-hybridized carbons (Fsp3) is 0.923. The summed E-state index contributed by atoms with van der Waals surface area (Å²) in [6, 6.07) is -0.117. The molecule has 0 aromatic heterocycles. The van der Waals surface area contributed by atoms with Crippen molar-refractivity contribution in [1.29, 1.82) is 0 Å². The average molecular weight is 292 g/mol. The molecule has 5 nitrogen and oxygen atoms in total. The number of nitrogens with one attached hydrogen (secondary N) is 2. The van der Waals surface area contributed by atoms with Crippen LogP contribution in [-0.2, 0) is 14.8 Å². The smallest absolute Gasteiger partial charge is 0.223 e. The molecule has 2 N–H and O–H groups in total. The molecular formula is C13H28N2O3S. The van der Waals surface area contributed by atoms with E-state index in [0.29, 0.717) is 0 Å². The minimum Gasteiger partial charge on any atom is -0.355 e. The number of sulfonamides is 1. The Balaban J connectivity index is 4.14. The third-order valence-electron chi connectivity index (χ3n) is 2.73. The molecule has 0 aromatic rings. The van der Waals surface area contributed by atoms with Crippen molar-refractivity contribution < 1.29 is 13.2 Å². The van der Waals surface area contributed by atoms with Crippen molar-refractivity contribution in [1.82, 2.24) is 10.0 Å². The second-order valence-corrected chi connectivity index (χ2v) is 7.03. The van der Waals surface area contributed by atoms with E-state index < -0.39 is 10.0 Å². The minimum atomic E-state index is -3.29. The molecule has 0 radical (unpaired) electrons. The lowest BCUT2D eigenvalue weighted by atomic mass is 9.97. The zero-order valence-corrected chi connectivity index (χ0v) is 13.3. The number of hydrogen-bond donors (Lipinski definition) is 2. The molecule has 0 atom stereocenters. The van der Waals surface area contributed by atoms with Gasteiger partial charge in [-0.25, -0.2) is 13.1 Å². The number of carbonyl (C=O) groups excluding carboxylic acids is 1. The van der Waals surface area contributed by atoms with Gasteiger partial charge in [0.15, 0.2) is 0 Å². The molecule has 0 aromatic carbocycles. The molecule has 1 amide bonds. The highest BCUT2D eigenvalue weighted by Gasteiger charge is 2.17. The summed E-state index contributed by atoms with van der Waals surface area (Å²) in [6.07, 6.45) is 3.64. The molecule has 0 saturated carbocycles. The Kier molecular flexibility index (Phi) is 9.01. The minimum absolute atomic E-state index is 0.00996. The second kappa shape index (κ2) is 9.31. The van der Waals surface area contributed by atoms with Crippen molar-refractivity contribution in [3.63, 3.8) is 0 Å². The van der Waals surface area contributed by atoms with E-state index >= 15 is 0 Å². The van der Waals surface area contributed by atoms with Crippen LogP contribution < -0.4 is 10.0 Å². The number of hydrogen-bond acceptors (Lipinski definition) is 3. The first-order chi connectivity index (χ1) is 8.82. The monoisotopic (exact) mass is 292 g/mol. The van der Waals surface area contributed by atoms with Crippen LogP contribution in [0.3, 0.4) is 0 Å². The third-order valence-corrected chi connectivity index (χ3v) is 4.30. The van der Waals surface area contributed by atoms with Crippen molar-refractivity contribution in [2.24, 2.45) is 5.92 Å². The summed E-state index contributed by atoms with van der Waals surface area (Å²) in [4.78, 5) is 11.9. The van der Waals surface area contributed by atoms with Gasteiger partial charge in [0, 0.05) is 18.5 Å². The van der Waals surface area contributed by atoms with Crippen LogP contribution in [0.25, 0.3) is 0 Å². The van der Waals surface area contributed by atoms with Crippen molar-refractivity contribution in [3.05, 3.63) is 0 Å². The van der Waals surface area contributed by atoms with Gasteiger partial charge < -0.3 is 5.32 Å². The number of carbonyl (C=O) groups is 1. The van der Waals surface area contributed by atoms with Crippen molar-refractivity contribution in [2.75, 3.05) is 12.3 Å². The maximum atomic E-state index is 11.9. The summed E-state index contributed by atoms with van der Waals surface area (Å²) in [6.45, 7) is 7.81. The van der Waals surface area contributed by atoms with Crippen LogP contribution in [0.5, 0.6) is 0 Å². The standard InChI is InChI=1S/C13H28N2O3S/c1-5-7-12(8-6-2)13(16)14-9-10-19(17,18)15-11(3)4/h11-12,15H,5-10H2,1-4H3,(H,14,16). The summed E-state index contributed by atoms with van der Waals surface area (Å²) in [5, 5.41) is 2.72. The van der Waals surface area contributed by atoms with E-state index in [1.807, 2.05) is 13.8 Å². The highest BCUT2D eigenvalue weighted by molar-refractivity contribution is 7.89. The topological polar surface area (TPSA) is 75.3 Å². The van der Waals surface area contributed by atoms with Crippen LogP contribution in [0.4, 0.5) is 0 Å². The Bertz CT molecular complexity index is 347. The summed E-state index contributed by atoms with van der Waals surface area (Å²) >= 11 is 0. The lowest BCUT2D eigenvalue weighted by Crippen LogP contribution is -2.39. The first-order valence-corrected chi connectivity index (χ1v) is 8.75. The van der Waals surface area contributed by atoms with E-state index in [1.165, 1.54) is 0 Å². The molecule has 0 saturated heterocycles. The highest BCUT2D eigenvalue weighted by atomic mass is 32.2. The molecule has 0 aliphatic carbocycles. The van der Waals surface area contributed by atoms with Crippen LogP contribution >= 0.6 is 0 Å². The van der Waals surface area contributed by atoms with Gasteiger partial charge in [0.2, 0.25) is 15.9 Å². The predicted molar refractivity (Wildman–Crippen MR) is 78.4 cm³/mol. The molecule has 0 fully saturated rings. The van der Waals surface area contributed by atoms with E-state index in [-0.39, 0.29) is 30.2 Å². The van der Waals surface area contributed by atoms with Gasteiger partial charge in [-0.15, -0.1) is 0 Å². The van der Waals surface area contributed by atoms with Crippen LogP contribution in [0, 0.1) is 5.92 Å².